The fraction of sp³-hybridized carbons (Fsp3) is 0.200. The molecule has 2 N–H and O–H groups in total. The van der Waals surface area contributed by atoms with E-state index in [0.717, 1.165) is 13.8 Å². The fourth-order valence-corrected chi connectivity index (χ4v) is 1.26. The smallest absolute Gasteiger partial charge is 0.164 e. The van der Waals surface area contributed by atoms with E-state index in [1.165, 1.54) is 0 Å². The molecule has 5 heteroatoms. The van der Waals surface area contributed by atoms with Crippen LogP contribution in [0.25, 0.3) is 0 Å². The number of anilines is 1. The first-order chi connectivity index (χ1) is 6.86. The molecule has 0 aliphatic rings. The molecule has 1 aromatic rings. The first-order valence-corrected chi connectivity index (χ1v) is 4.15. The third kappa shape index (κ3) is 1.86. The summed E-state index contributed by atoms with van der Waals surface area (Å²) in [5, 5.41) is 0. The second kappa shape index (κ2) is 3.76. The number of hydrogen-bond acceptors (Lipinski definition) is 3. The number of ketones is 2. The van der Waals surface area contributed by atoms with Crippen LogP contribution < -0.4 is 5.73 Å². The molecule has 0 saturated carbocycles. The van der Waals surface area contributed by atoms with Gasteiger partial charge in [0.15, 0.2) is 17.4 Å². The predicted molar refractivity (Wildman–Crippen MR) is 50.8 cm³/mol. The second-order valence-corrected chi connectivity index (χ2v) is 3.12. The fourth-order valence-electron chi connectivity index (χ4n) is 1.26. The predicted octanol–water partition coefficient (Wildman–Crippen LogP) is 1.95. The molecule has 0 aliphatic carbocycles. The summed E-state index contributed by atoms with van der Waals surface area (Å²) in [6.45, 7) is 2.16. The number of hydrogen-bond donors (Lipinski definition) is 1. The topological polar surface area (TPSA) is 60.2 Å². The maximum Gasteiger partial charge on any atom is 0.164 e. The summed E-state index contributed by atoms with van der Waals surface area (Å²) in [6, 6.07) is 0.685. The largest absolute Gasteiger partial charge is 0.396 e. The van der Waals surface area contributed by atoms with E-state index < -0.39 is 40.0 Å². The SMILES string of the molecule is CC(=O)c1cc(F)c(C(C)=O)c(N)c1F. The van der Waals surface area contributed by atoms with Crippen molar-refractivity contribution in [3.05, 3.63) is 28.8 Å². The van der Waals surface area contributed by atoms with Crippen molar-refractivity contribution in [3.8, 4) is 0 Å². The minimum Gasteiger partial charge on any atom is -0.396 e. The molecule has 80 valence electrons. The Morgan fingerprint density at radius 2 is 1.73 bits per heavy atom. The molecular weight excluding hydrogens is 204 g/mol. The number of nitrogen functional groups attached to an aromatic ring is 1. The molecule has 0 amide bonds. The van der Waals surface area contributed by atoms with Crippen LogP contribution in [0.1, 0.15) is 34.6 Å². The number of benzene rings is 1. The molecule has 3 nitrogen and oxygen atoms in total. The van der Waals surface area contributed by atoms with Crippen molar-refractivity contribution < 1.29 is 18.4 Å². The summed E-state index contributed by atoms with van der Waals surface area (Å²) >= 11 is 0. The Labute approximate surface area is 84.9 Å². The van der Waals surface area contributed by atoms with Crippen LogP contribution in [0.3, 0.4) is 0 Å². The van der Waals surface area contributed by atoms with E-state index in [1.54, 1.807) is 0 Å². The third-order valence-corrected chi connectivity index (χ3v) is 1.98. The Morgan fingerprint density at radius 1 is 1.20 bits per heavy atom. The lowest BCUT2D eigenvalue weighted by Gasteiger charge is -2.07. The number of rotatable bonds is 2. The van der Waals surface area contributed by atoms with Crippen LogP contribution in [-0.4, -0.2) is 11.6 Å². The van der Waals surface area contributed by atoms with Gasteiger partial charge >= 0.3 is 0 Å². The van der Waals surface area contributed by atoms with Crippen LogP contribution in [0, 0.1) is 11.6 Å². The summed E-state index contributed by atoms with van der Waals surface area (Å²) in [5.74, 6) is -3.35. The zero-order chi connectivity index (χ0) is 11.7. The third-order valence-electron chi connectivity index (χ3n) is 1.98. The molecule has 1 aromatic carbocycles. The average molecular weight is 213 g/mol. The van der Waals surface area contributed by atoms with Gasteiger partial charge in [-0.15, -0.1) is 0 Å². The molecule has 0 aromatic heterocycles. The van der Waals surface area contributed by atoms with Crippen molar-refractivity contribution in [1.29, 1.82) is 0 Å². The standard InChI is InChI=1S/C10H9F2NO2/c1-4(14)6-3-7(11)8(5(2)15)10(13)9(6)12/h3H,13H2,1-2H3. The molecule has 0 bridgehead atoms. The molecule has 15 heavy (non-hydrogen) atoms. The van der Waals surface area contributed by atoms with Gasteiger partial charge in [-0.3, -0.25) is 9.59 Å². The zero-order valence-corrected chi connectivity index (χ0v) is 8.23. The number of Topliss-reactive ketones (excluding diaryl/α,β-unsaturated/α-hetero) is 2. The highest BCUT2D eigenvalue weighted by Crippen LogP contribution is 2.24. The highest BCUT2D eigenvalue weighted by molar-refractivity contribution is 6.02. The Morgan fingerprint density at radius 3 is 2.13 bits per heavy atom. The highest BCUT2D eigenvalue weighted by Gasteiger charge is 2.20. The van der Waals surface area contributed by atoms with Gasteiger partial charge in [-0.05, 0) is 19.9 Å². The zero-order valence-electron chi connectivity index (χ0n) is 8.23. The van der Waals surface area contributed by atoms with Crippen LogP contribution in [0.4, 0.5) is 14.5 Å². The first-order valence-electron chi connectivity index (χ1n) is 4.15. The molecule has 0 heterocycles. The first kappa shape index (κ1) is 11.3. The minimum absolute atomic E-state index is 0.449. The van der Waals surface area contributed by atoms with E-state index in [4.69, 9.17) is 5.73 Å². The minimum atomic E-state index is -1.05. The van der Waals surface area contributed by atoms with Gasteiger partial charge < -0.3 is 5.73 Å². The molecular formula is C10H9F2NO2. The van der Waals surface area contributed by atoms with Crippen LogP contribution in [0.15, 0.2) is 6.07 Å². The van der Waals surface area contributed by atoms with E-state index in [2.05, 4.69) is 0 Å². The van der Waals surface area contributed by atoms with Gasteiger partial charge in [-0.2, -0.15) is 0 Å². The van der Waals surface area contributed by atoms with Gasteiger partial charge in [0.05, 0.1) is 16.8 Å². The Bertz CT molecular complexity index is 455. The highest BCUT2D eigenvalue weighted by atomic mass is 19.1. The number of carbonyl (C=O) groups is 2. The molecule has 0 atom stereocenters. The maximum atomic E-state index is 13.4. The van der Waals surface area contributed by atoms with Gasteiger partial charge in [0.2, 0.25) is 0 Å². The van der Waals surface area contributed by atoms with Gasteiger partial charge in [-0.1, -0.05) is 0 Å². The quantitative estimate of drug-likeness (QED) is 0.603. The van der Waals surface area contributed by atoms with Gasteiger partial charge in [-0.25, -0.2) is 8.78 Å². The number of halogens is 2. The summed E-state index contributed by atoms with van der Waals surface area (Å²) in [4.78, 5) is 21.9. The van der Waals surface area contributed by atoms with Crippen molar-refractivity contribution >= 4 is 17.3 Å². The van der Waals surface area contributed by atoms with E-state index in [9.17, 15) is 18.4 Å². The monoisotopic (exact) mass is 213 g/mol. The van der Waals surface area contributed by atoms with Crippen LogP contribution in [-0.2, 0) is 0 Å². The van der Waals surface area contributed by atoms with Crippen molar-refractivity contribution in [2.24, 2.45) is 0 Å². The molecule has 0 radical (unpaired) electrons. The summed E-state index contributed by atoms with van der Waals surface area (Å²) in [7, 11) is 0. The molecule has 0 aliphatic heterocycles. The van der Waals surface area contributed by atoms with Crippen molar-refractivity contribution in [1.82, 2.24) is 0 Å². The van der Waals surface area contributed by atoms with Crippen LogP contribution in [0.2, 0.25) is 0 Å². The average Bonchev–Trinajstić information content (AvgIpc) is 2.10. The van der Waals surface area contributed by atoms with E-state index in [0.29, 0.717) is 6.07 Å². The Kier molecular flexibility index (Phi) is 2.83. The molecule has 0 fully saturated rings. The second-order valence-electron chi connectivity index (χ2n) is 3.12. The van der Waals surface area contributed by atoms with Crippen LogP contribution >= 0.6 is 0 Å². The van der Waals surface area contributed by atoms with E-state index >= 15 is 0 Å². The van der Waals surface area contributed by atoms with Crippen LogP contribution in [0.5, 0.6) is 0 Å². The number of nitrogens with two attached hydrogens (primary N) is 1. The van der Waals surface area contributed by atoms with Crippen molar-refractivity contribution in [2.45, 2.75) is 13.8 Å². The maximum absolute atomic E-state index is 13.4. The molecule has 1 rings (SSSR count). The summed E-state index contributed by atoms with van der Waals surface area (Å²) in [6.07, 6.45) is 0. The molecule has 0 unspecified atom stereocenters. The Balaban J connectivity index is 3.58. The van der Waals surface area contributed by atoms with Gasteiger partial charge in [0, 0.05) is 0 Å². The lowest BCUT2D eigenvalue weighted by Crippen LogP contribution is -2.10. The van der Waals surface area contributed by atoms with Gasteiger partial charge in [0.25, 0.3) is 0 Å². The number of carbonyl (C=O) groups excluding carboxylic acids is 2. The van der Waals surface area contributed by atoms with E-state index in [1.807, 2.05) is 0 Å². The van der Waals surface area contributed by atoms with E-state index in [-0.39, 0.29) is 0 Å². The van der Waals surface area contributed by atoms with Gasteiger partial charge in [0.1, 0.15) is 5.82 Å². The van der Waals surface area contributed by atoms with Crippen molar-refractivity contribution in [3.63, 3.8) is 0 Å². The summed E-state index contributed by atoms with van der Waals surface area (Å²) in [5.41, 5.74) is 3.65. The Hall–Kier alpha value is -1.78. The van der Waals surface area contributed by atoms with Crippen molar-refractivity contribution in [2.75, 3.05) is 5.73 Å². The lowest BCUT2D eigenvalue weighted by molar-refractivity contribution is 0.0995. The normalized spacial score (nSPS) is 10.1. The molecule has 0 spiro atoms. The lowest BCUT2D eigenvalue weighted by atomic mass is 10.0. The molecule has 0 saturated heterocycles. The summed E-state index contributed by atoms with van der Waals surface area (Å²) < 4.78 is 26.7.